The van der Waals surface area contributed by atoms with E-state index in [0.717, 1.165) is 5.56 Å². The molecule has 0 fully saturated rings. The molecule has 0 saturated carbocycles. The molecule has 152 valence electrons. The Morgan fingerprint density at radius 2 is 2.00 bits per heavy atom. The monoisotopic (exact) mass is 423 g/mol. The SMILES string of the molecule is NC(=O)N(CCc1ccccc1)Cc1cc(-c2cc(Cl)ccc2-n2cnnn2)on1. The Bertz CT molecular complexity index is 1130. The third kappa shape index (κ3) is 4.47. The van der Waals surface area contributed by atoms with Gasteiger partial charge in [-0.15, -0.1) is 5.10 Å². The quantitative estimate of drug-likeness (QED) is 0.488. The molecule has 2 aromatic carbocycles. The molecule has 2 amide bonds. The number of primary amides is 1. The molecule has 0 spiro atoms. The van der Waals surface area contributed by atoms with Gasteiger partial charge in [-0.1, -0.05) is 47.1 Å². The summed E-state index contributed by atoms with van der Waals surface area (Å²) in [6.45, 7) is 0.695. The van der Waals surface area contributed by atoms with E-state index in [-0.39, 0.29) is 6.54 Å². The first-order valence-electron chi connectivity index (χ1n) is 9.17. The highest BCUT2D eigenvalue weighted by Crippen LogP contribution is 2.30. The molecule has 2 heterocycles. The van der Waals surface area contributed by atoms with E-state index in [0.29, 0.717) is 40.7 Å². The maximum atomic E-state index is 11.9. The summed E-state index contributed by atoms with van der Waals surface area (Å²) in [5.41, 5.74) is 8.60. The van der Waals surface area contributed by atoms with Gasteiger partial charge in [0.25, 0.3) is 0 Å². The number of halogens is 1. The second-order valence-electron chi connectivity index (χ2n) is 6.59. The molecular weight excluding hydrogens is 406 g/mol. The van der Waals surface area contributed by atoms with E-state index in [2.05, 4.69) is 20.7 Å². The van der Waals surface area contributed by atoms with Crippen molar-refractivity contribution >= 4 is 17.6 Å². The second kappa shape index (κ2) is 8.75. The van der Waals surface area contributed by atoms with Gasteiger partial charge in [-0.3, -0.25) is 0 Å². The van der Waals surface area contributed by atoms with Crippen molar-refractivity contribution in [2.24, 2.45) is 5.73 Å². The van der Waals surface area contributed by atoms with Crippen LogP contribution in [0.2, 0.25) is 5.02 Å². The molecule has 0 saturated heterocycles. The first-order valence-corrected chi connectivity index (χ1v) is 9.55. The Kier molecular flexibility index (Phi) is 5.71. The lowest BCUT2D eigenvalue weighted by atomic mass is 10.1. The van der Waals surface area contributed by atoms with Crippen LogP contribution in [-0.4, -0.2) is 42.8 Å². The summed E-state index contributed by atoms with van der Waals surface area (Å²) >= 11 is 6.17. The lowest BCUT2D eigenvalue weighted by molar-refractivity contribution is 0.204. The molecule has 4 rings (SSSR count). The van der Waals surface area contributed by atoms with Crippen LogP contribution in [0.1, 0.15) is 11.3 Å². The molecular formula is C20H18ClN7O2. The zero-order valence-electron chi connectivity index (χ0n) is 15.8. The molecule has 0 radical (unpaired) electrons. The molecule has 0 aliphatic rings. The van der Waals surface area contributed by atoms with E-state index in [1.807, 2.05) is 30.3 Å². The number of benzene rings is 2. The van der Waals surface area contributed by atoms with Gasteiger partial charge in [-0.25, -0.2) is 4.79 Å². The fourth-order valence-corrected chi connectivity index (χ4v) is 3.23. The molecule has 0 unspecified atom stereocenters. The third-order valence-corrected chi connectivity index (χ3v) is 4.79. The minimum absolute atomic E-state index is 0.229. The zero-order chi connectivity index (χ0) is 20.9. The number of urea groups is 1. The summed E-state index contributed by atoms with van der Waals surface area (Å²) in [6.07, 6.45) is 2.16. The minimum atomic E-state index is -0.521. The maximum absolute atomic E-state index is 11.9. The van der Waals surface area contributed by atoms with Crippen LogP contribution in [0.25, 0.3) is 17.0 Å². The van der Waals surface area contributed by atoms with Gasteiger partial charge < -0.3 is 15.2 Å². The fraction of sp³-hybridized carbons (Fsp3) is 0.150. The molecule has 2 aromatic heterocycles. The molecule has 0 aliphatic heterocycles. The molecule has 4 aromatic rings. The number of amides is 2. The van der Waals surface area contributed by atoms with E-state index < -0.39 is 6.03 Å². The van der Waals surface area contributed by atoms with Gasteiger partial charge in [0, 0.05) is 23.2 Å². The van der Waals surface area contributed by atoms with E-state index >= 15 is 0 Å². The highest BCUT2D eigenvalue weighted by atomic mass is 35.5. The summed E-state index contributed by atoms with van der Waals surface area (Å²) < 4.78 is 7.02. The number of tetrazole rings is 1. The highest BCUT2D eigenvalue weighted by Gasteiger charge is 2.17. The Morgan fingerprint density at radius 3 is 2.73 bits per heavy atom. The number of carbonyl (C=O) groups is 1. The van der Waals surface area contributed by atoms with Crippen molar-refractivity contribution in [3.8, 4) is 17.0 Å². The fourth-order valence-electron chi connectivity index (χ4n) is 3.06. The van der Waals surface area contributed by atoms with Crippen molar-refractivity contribution in [3.05, 3.63) is 77.2 Å². The lowest BCUT2D eigenvalue weighted by Crippen LogP contribution is -2.36. The Balaban J connectivity index is 1.54. The highest BCUT2D eigenvalue weighted by molar-refractivity contribution is 6.31. The number of carbonyl (C=O) groups excluding carboxylic acids is 1. The minimum Gasteiger partial charge on any atom is -0.356 e. The zero-order valence-corrected chi connectivity index (χ0v) is 16.6. The largest absolute Gasteiger partial charge is 0.356 e. The van der Waals surface area contributed by atoms with Gasteiger partial charge in [0.1, 0.15) is 12.0 Å². The maximum Gasteiger partial charge on any atom is 0.315 e. The van der Waals surface area contributed by atoms with E-state index in [4.69, 9.17) is 21.9 Å². The van der Waals surface area contributed by atoms with Crippen LogP contribution < -0.4 is 5.73 Å². The lowest BCUT2D eigenvalue weighted by Gasteiger charge is -2.18. The third-order valence-electron chi connectivity index (χ3n) is 4.56. The molecule has 30 heavy (non-hydrogen) atoms. The predicted octanol–water partition coefficient (Wildman–Crippen LogP) is 3.09. The first kappa shape index (κ1) is 19.6. The van der Waals surface area contributed by atoms with Gasteiger partial charge in [0.15, 0.2) is 5.76 Å². The number of nitrogens with zero attached hydrogens (tertiary/aromatic N) is 6. The molecule has 10 heteroatoms. The predicted molar refractivity (Wildman–Crippen MR) is 110 cm³/mol. The van der Waals surface area contributed by atoms with E-state index in [1.54, 1.807) is 24.3 Å². The Labute approximate surface area is 177 Å². The number of rotatable bonds is 7. The van der Waals surface area contributed by atoms with Crippen LogP contribution in [0.15, 0.2) is 65.4 Å². The summed E-state index contributed by atoms with van der Waals surface area (Å²) in [4.78, 5) is 13.4. The molecule has 0 aliphatic carbocycles. The van der Waals surface area contributed by atoms with Crippen LogP contribution >= 0.6 is 11.6 Å². The number of hydrogen-bond acceptors (Lipinski definition) is 6. The van der Waals surface area contributed by atoms with Crippen molar-refractivity contribution < 1.29 is 9.32 Å². The van der Waals surface area contributed by atoms with Crippen molar-refractivity contribution in [2.45, 2.75) is 13.0 Å². The van der Waals surface area contributed by atoms with Crippen LogP contribution in [0.4, 0.5) is 4.79 Å². The van der Waals surface area contributed by atoms with Crippen molar-refractivity contribution in [1.29, 1.82) is 0 Å². The number of aromatic nitrogens is 5. The van der Waals surface area contributed by atoms with Crippen molar-refractivity contribution in [3.63, 3.8) is 0 Å². The van der Waals surface area contributed by atoms with Crippen LogP contribution in [0.5, 0.6) is 0 Å². The molecule has 0 atom stereocenters. The van der Waals surface area contributed by atoms with Gasteiger partial charge in [0.2, 0.25) is 0 Å². The summed E-state index contributed by atoms with van der Waals surface area (Å²) in [5, 5.41) is 15.9. The van der Waals surface area contributed by atoms with Gasteiger partial charge in [-0.2, -0.15) is 4.68 Å². The van der Waals surface area contributed by atoms with Gasteiger partial charge >= 0.3 is 6.03 Å². The average Bonchev–Trinajstić information content (AvgIpc) is 3.44. The summed E-state index contributed by atoms with van der Waals surface area (Å²) in [5.74, 6) is 0.477. The Morgan fingerprint density at radius 1 is 1.17 bits per heavy atom. The molecule has 9 nitrogen and oxygen atoms in total. The standard InChI is InChI=1S/C20H18ClN7O2/c21-15-6-7-18(28-13-23-25-26-28)17(10-15)19-11-16(24-30-19)12-27(20(22)29)9-8-14-4-2-1-3-5-14/h1-7,10-11,13H,8-9,12H2,(H2,22,29). The topological polar surface area (TPSA) is 116 Å². The average molecular weight is 424 g/mol. The van der Waals surface area contributed by atoms with E-state index in [9.17, 15) is 4.79 Å². The van der Waals surface area contributed by atoms with Crippen molar-refractivity contribution in [2.75, 3.05) is 6.54 Å². The summed E-state index contributed by atoms with van der Waals surface area (Å²) in [7, 11) is 0. The first-order chi connectivity index (χ1) is 14.6. The van der Waals surface area contributed by atoms with Crippen LogP contribution in [0.3, 0.4) is 0 Å². The molecule has 2 N–H and O–H groups in total. The second-order valence-corrected chi connectivity index (χ2v) is 7.03. The van der Waals surface area contributed by atoms with Crippen LogP contribution in [0, 0.1) is 0 Å². The van der Waals surface area contributed by atoms with Gasteiger partial charge in [0.05, 0.1) is 12.2 Å². The summed E-state index contributed by atoms with van der Waals surface area (Å²) in [6, 6.07) is 16.4. The van der Waals surface area contributed by atoms with Crippen LogP contribution in [-0.2, 0) is 13.0 Å². The smallest absolute Gasteiger partial charge is 0.315 e. The Hall–Kier alpha value is -3.72. The normalized spacial score (nSPS) is 10.8. The van der Waals surface area contributed by atoms with Crippen molar-refractivity contribution in [1.82, 2.24) is 30.3 Å². The number of hydrogen-bond donors (Lipinski definition) is 1. The van der Waals surface area contributed by atoms with Gasteiger partial charge in [-0.05, 0) is 40.6 Å². The number of nitrogens with two attached hydrogens (primary N) is 1. The van der Waals surface area contributed by atoms with E-state index in [1.165, 1.54) is 15.9 Å². The molecule has 0 bridgehead atoms.